The molecule has 3 rings (SSSR count). The molecule has 0 radical (unpaired) electrons. The molecule has 3 N–H and O–H groups in total. The molecule has 3 amide bonds. The van der Waals surface area contributed by atoms with Crippen molar-refractivity contribution in [1.82, 2.24) is 20.5 Å². The summed E-state index contributed by atoms with van der Waals surface area (Å²) in [5.41, 5.74) is 1.08. The molecule has 224 valence electrons. The number of pyridine rings is 1. The quantitative estimate of drug-likeness (QED) is 0.294. The Morgan fingerprint density at radius 1 is 1.05 bits per heavy atom. The van der Waals surface area contributed by atoms with Gasteiger partial charge in [-0.3, -0.25) is 14.4 Å². The molecule has 1 aromatic heterocycles. The first kappa shape index (κ1) is 35.2. The van der Waals surface area contributed by atoms with Crippen LogP contribution in [0, 0.1) is 0 Å². The summed E-state index contributed by atoms with van der Waals surface area (Å²) in [7, 11) is 3.44. The Morgan fingerprint density at radius 3 is 2.20 bits per heavy atom. The molecular formula is C33H49N5O3. The Morgan fingerprint density at radius 2 is 1.71 bits per heavy atom. The maximum Gasteiger partial charge on any atom is 0.243 e. The number of allylic oxidation sites excluding steroid dienone is 7. The highest BCUT2D eigenvalue weighted by Crippen LogP contribution is 2.30. The molecule has 1 saturated carbocycles. The average molecular weight is 564 g/mol. The third-order valence-electron chi connectivity index (χ3n) is 6.81. The lowest BCUT2D eigenvalue weighted by Gasteiger charge is -2.31. The number of rotatable bonds is 11. The molecule has 0 saturated heterocycles. The van der Waals surface area contributed by atoms with Crippen molar-refractivity contribution in [1.29, 1.82) is 0 Å². The third kappa shape index (κ3) is 12.5. The first-order valence-electron chi connectivity index (χ1n) is 14.6. The van der Waals surface area contributed by atoms with Crippen LogP contribution in [-0.2, 0) is 14.4 Å². The van der Waals surface area contributed by atoms with Gasteiger partial charge in [0.25, 0.3) is 0 Å². The van der Waals surface area contributed by atoms with Gasteiger partial charge in [0.15, 0.2) is 0 Å². The number of aromatic nitrogens is 1. The van der Waals surface area contributed by atoms with Crippen molar-refractivity contribution in [2.24, 2.45) is 0 Å². The number of amides is 3. The fourth-order valence-corrected chi connectivity index (χ4v) is 4.60. The van der Waals surface area contributed by atoms with Gasteiger partial charge >= 0.3 is 0 Å². The lowest BCUT2D eigenvalue weighted by molar-refractivity contribution is -0.139. The van der Waals surface area contributed by atoms with Crippen molar-refractivity contribution < 1.29 is 14.4 Å². The molecule has 2 aliphatic carbocycles. The minimum atomic E-state index is -0.568. The van der Waals surface area contributed by atoms with Crippen molar-refractivity contribution >= 4 is 23.5 Å². The first-order valence-corrected chi connectivity index (χ1v) is 14.6. The summed E-state index contributed by atoms with van der Waals surface area (Å²) in [5, 5.41) is 8.61. The molecule has 0 atom stereocenters. The minimum absolute atomic E-state index is 0.0477. The number of hydrogen-bond acceptors (Lipinski definition) is 5. The van der Waals surface area contributed by atoms with Gasteiger partial charge in [0.1, 0.15) is 5.82 Å². The highest BCUT2D eigenvalue weighted by molar-refractivity contribution is 5.92. The van der Waals surface area contributed by atoms with Crippen LogP contribution >= 0.6 is 0 Å². The van der Waals surface area contributed by atoms with Crippen LogP contribution in [0.3, 0.4) is 0 Å². The molecule has 41 heavy (non-hydrogen) atoms. The van der Waals surface area contributed by atoms with Crippen LogP contribution in [0.15, 0.2) is 84.8 Å². The van der Waals surface area contributed by atoms with E-state index in [1.165, 1.54) is 23.9 Å². The summed E-state index contributed by atoms with van der Waals surface area (Å²) in [6, 6.07) is 5.28. The molecule has 0 aromatic carbocycles. The summed E-state index contributed by atoms with van der Waals surface area (Å²) in [6.45, 7) is 9.75. The SMILES string of the molecule is C1=CCCC=C1.C=C/C(CC)=C(\C=C\NC(=O)CN(C)C(=O)C1(NC)CCCC1)CC(=O)Nc1ccccn1.CC. The van der Waals surface area contributed by atoms with Gasteiger partial charge < -0.3 is 20.9 Å². The summed E-state index contributed by atoms with van der Waals surface area (Å²) in [4.78, 5) is 43.3. The molecule has 1 fully saturated rings. The van der Waals surface area contributed by atoms with Crippen molar-refractivity contribution in [3.63, 3.8) is 0 Å². The van der Waals surface area contributed by atoms with E-state index in [0.29, 0.717) is 12.2 Å². The second kappa shape index (κ2) is 20.2. The fraction of sp³-hybridized carbons (Fsp3) is 0.455. The number of carbonyl (C=O) groups is 3. The van der Waals surface area contributed by atoms with Crippen molar-refractivity contribution in [3.8, 4) is 0 Å². The molecule has 8 nitrogen and oxygen atoms in total. The zero-order valence-electron chi connectivity index (χ0n) is 25.5. The smallest absolute Gasteiger partial charge is 0.243 e. The maximum absolute atomic E-state index is 12.9. The topological polar surface area (TPSA) is 103 Å². The number of nitrogens with one attached hydrogen (secondary N) is 3. The molecule has 1 aromatic rings. The van der Waals surface area contributed by atoms with E-state index >= 15 is 0 Å². The van der Waals surface area contributed by atoms with E-state index in [-0.39, 0.29) is 30.7 Å². The number of likely N-dealkylation sites (N-methyl/N-ethyl adjacent to an activating group) is 2. The number of anilines is 1. The summed E-state index contributed by atoms with van der Waals surface area (Å²) < 4.78 is 0. The second-order valence-corrected chi connectivity index (χ2v) is 9.58. The normalized spacial score (nSPS) is 15.4. The summed E-state index contributed by atoms with van der Waals surface area (Å²) in [5.74, 6) is -0.106. The predicted octanol–water partition coefficient (Wildman–Crippen LogP) is 5.84. The Kier molecular flexibility index (Phi) is 17.3. The van der Waals surface area contributed by atoms with Crippen LogP contribution in [0.5, 0.6) is 0 Å². The lowest BCUT2D eigenvalue weighted by Crippen LogP contribution is -2.55. The van der Waals surface area contributed by atoms with Gasteiger partial charge in [-0.2, -0.15) is 0 Å². The van der Waals surface area contributed by atoms with E-state index in [1.54, 1.807) is 50.6 Å². The van der Waals surface area contributed by atoms with Crippen LogP contribution in [0.2, 0.25) is 0 Å². The standard InChI is InChI=1S/C25H35N5O3.C6H8.C2H6/c1-5-19(6-2)20(17-22(31)29-21-11-7-10-15-27-21)12-16-28-23(32)18-30(4)24(33)25(26-3)13-8-9-14-25;1-2-4-6-5-3-1;1-2/h5,7,10-12,15-16,26H,1,6,8-9,13-14,17-18H2,2-4H3,(H,28,32)(H,27,29,31);1-4H,5-6H2;1-2H3/b16-12+,20-19-;;. The van der Waals surface area contributed by atoms with Crippen LogP contribution in [-0.4, -0.2) is 53.8 Å². The summed E-state index contributed by atoms with van der Waals surface area (Å²) in [6.07, 6.45) is 21.9. The highest BCUT2D eigenvalue weighted by atomic mass is 16.2. The predicted molar refractivity (Wildman–Crippen MR) is 169 cm³/mol. The van der Waals surface area contributed by atoms with E-state index in [0.717, 1.165) is 36.8 Å². The van der Waals surface area contributed by atoms with Crippen LogP contribution in [0.1, 0.15) is 72.1 Å². The van der Waals surface area contributed by atoms with Gasteiger partial charge in [0.2, 0.25) is 17.7 Å². The van der Waals surface area contributed by atoms with E-state index in [1.807, 2.05) is 20.8 Å². The molecular weight excluding hydrogens is 514 g/mol. The van der Waals surface area contributed by atoms with Gasteiger partial charge in [0, 0.05) is 19.4 Å². The molecule has 0 unspecified atom stereocenters. The Labute approximate surface area is 246 Å². The van der Waals surface area contributed by atoms with Crippen molar-refractivity contribution in [2.45, 2.75) is 77.7 Å². The lowest BCUT2D eigenvalue weighted by atomic mass is 9.96. The van der Waals surface area contributed by atoms with E-state index < -0.39 is 5.54 Å². The molecule has 1 heterocycles. The Balaban J connectivity index is 0.000000912. The number of carbonyl (C=O) groups excluding carboxylic acids is 3. The largest absolute Gasteiger partial charge is 0.335 e. The Bertz CT molecular complexity index is 1070. The van der Waals surface area contributed by atoms with Crippen LogP contribution in [0.25, 0.3) is 0 Å². The molecule has 0 aliphatic heterocycles. The number of nitrogens with zero attached hydrogens (tertiary/aromatic N) is 2. The molecule has 2 aliphatic rings. The number of hydrogen-bond donors (Lipinski definition) is 3. The monoisotopic (exact) mass is 563 g/mol. The summed E-state index contributed by atoms with van der Waals surface area (Å²) >= 11 is 0. The van der Waals surface area contributed by atoms with E-state index in [4.69, 9.17) is 0 Å². The van der Waals surface area contributed by atoms with E-state index in [2.05, 4.69) is 51.8 Å². The molecule has 8 heteroatoms. The minimum Gasteiger partial charge on any atom is -0.335 e. The average Bonchev–Trinajstić information content (AvgIpc) is 3.50. The first-order chi connectivity index (χ1) is 19.8. The molecule has 0 bridgehead atoms. The zero-order valence-corrected chi connectivity index (χ0v) is 25.5. The van der Waals surface area contributed by atoms with Gasteiger partial charge in [0.05, 0.1) is 18.5 Å². The zero-order chi connectivity index (χ0) is 30.5. The van der Waals surface area contributed by atoms with Crippen molar-refractivity contribution in [2.75, 3.05) is 26.0 Å². The van der Waals surface area contributed by atoms with Crippen LogP contribution < -0.4 is 16.0 Å². The van der Waals surface area contributed by atoms with Gasteiger partial charge in [-0.1, -0.05) is 76.6 Å². The second-order valence-electron chi connectivity index (χ2n) is 9.58. The van der Waals surface area contributed by atoms with Gasteiger partial charge in [-0.05, 0) is 68.5 Å². The van der Waals surface area contributed by atoms with Gasteiger partial charge in [-0.15, -0.1) is 0 Å². The Hall–Kier alpha value is -3.78. The van der Waals surface area contributed by atoms with Crippen molar-refractivity contribution in [3.05, 3.63) is 84.8 Å². The molecule has 0 spiro atoms. The van der Waals surface area contributed by atoms with Gasteiger partial charge in [-0.25, -0.2) is 4.98 Å². The highest BCUT2D eigenvalue weighted by Gasteiger charge is 2.41. The maximum atomic E-state index is 12.9. The third-order valence-corrected chi connectivity index (χ3v) is 6.81. The fourth-order valence-electron chi connectivity index (χ4n) is 4.60. The van der Waals surface area contributed by atoms with Crippen LogP contribution in [0.4, 0.5) is 5.82 Å². The van der Waals surface area contributed by atoms with E-state index in [9.17, 15) is 14.4 Å².